The first kappa shape index (κ1) is 18.2. The van der Waals surface area contributed by atoms with Gasteiger partial charge in [-0.05, 0) is 55.3 Å². The number of aromatic nitrogens is 2. The molecule has 0 fully saturated rings. The average molecular weight is 359 g/mol. The van der Waals surface area contributed by atoms with Crippen LogP contribution in [0.3, 0.4) is 0 Å². The Morgan fingerprint density at radius 1 is 1.04 bits per heavy atom. The van der Waals surface area contributed by atoms with Gasteiger partial charge in [0.05, 0.1) is 18.7 Å². The molecule has 0 saturated heterocycles. The van der Waals surface area contributed by atoms with E-state index in [1.54, 1.807) is 19.2 Å². The highest BCUT2D eigenvalue weighted by Gasteiger charge is 2.03. The third kappa shape index (κ3) is 5.19. The van der Waals surface area contributed by atoms with Gasteiger partial charge in [0, 0.05) is 18.3 Å². The highest BCUT2D eigenvalue weighted by Crippen LogP contribution is 2.18. The Bertz CT molecular complexity index is 948. The number of hydrogen-bond acceptors (Lipinski definition) is 6. The molecule has 136 valence electrons. The van der Waals surface area contributed by atoms with Crippen molar-refractivity contribution < 1.29 is 4.74 Å². The number of methoxy groups -OCH3 is 1. The number of rotatable bonds is 7. The lowest BCUT2D eigenvalue weighted by Gasteiger charge is -2.11. The summed E-state index contributed by atoms with van der Waals surface area (Å²) < 4.78 is 5.25. The van der Waals surface area contributed by atoms with Crippen molar-refractivity contribution in [3.8, 4) is 11.8 Å². The van der Waals surface area contributed by atoms with Gasteiger partial charge in [0.15, 0.2) is 0 Å². The van der Waals surface area contributed by atoms with Gasteiger partial charge in [-0.1, -0.05) is 12.1 Å². The molecule has 27 heavy (non-hydrogen) atoms. The van der Waals surface area contributed by atoms with E-state index >= 15 is 0 Å². The van der Waals surface area contributed by atoms with Gasteiger partial charge < -0.3 is 15.4 Å². The molecule has 0 atom stereocenters. The van der Waals surface area contributed by atoms with E-state index in [-0.39, 0.29) is 0 Å². The summed E-state index contributed by atoms with van der Waals surface area (Å²) in [5, 5.41) is 15.5. The molecule has 2 N–H and O–H groups in total. The largest absolute Gasteiger partial charge is 0.497 e. The normalized spacial score (nSPS) is 10.1. The fraction of sp³-hybridized carbons (Fsp3) is 0.190. The van der Waals surface area contributed by atoms with Crippen LogP contribution in [0.15, 0.2) is 54.6 Å². The maximum Gasteiger partial charge on any atom is 0.136 e. The fourth-order valence-electron chi connectivity index (χ4n) is 2.66. The number of aryl methyl sites for hydroxylation is 1. The lowest BCUT2D eigenvalue weighted by Crippen LogP contribution is -2.08. The molecule has 6 nitrogen and oxygen atoms in total. The summed E-state index contributed by atoms with van der Waals surface area (Å²) in [6.07, 6.45) is 0.860. The summed E-state index contributed by atoms with van der Waals surface area (Å²) in [7, 11) is 1.67. The van der Waals surface area contributed by atoms with Crippen LogP contribution >= 0.6 is 0 Å². The van der Waals surface area contributed by atoms with Gasteiger partial charge in [-0.25, -0.2) is 9.97 Å². The molecule has 0 radical (unpaired) electrons. The topological polar surface area (TPSA) is 82.9 Å². The minimum absolute atomic E-state index is 0.624. The van der Waals surface area contributed by atoms with E-state index < -0.39 is 0 Å². The van der Waals surface area contributed by atoms with Crippen molar-refractivity contribution in [1.82, 2.24) is 9.97 Å². The highest BCUT2D eigenvalue weighted by atomic mass is 16.5. The van der Waals surface area contributed by atoms with E-state index in [0.29, 0.717) is 17.2 Å². The fourth-order valence-corrected chi connectivity index (χ4v) is 2.66. The molecule has 0 unspecified atom stereocenters. The molecular formula is C21H21N5O. The van der Waals surface area contributed by atoms with Gasteiger partial charge in [0.1, 0.15) is 23.2 Å². The number of hydrogen-bond donors (Lipinski definition) is 2. The molecule has 0 bridgehead atoms. The SMILES string of the molecule is COc1cccc(CCNc2cc(Nc3ccc(C#N)cc3)nc(C)n2)c1. The van der Waals surface area contributed by atoms with Crippen LogP contribution in [0.4, 0.5) is 17.3 Å². The summed E-state index contributed by atoms with van der Waals surface area (Å²) in [6.45, 7) is 2.61. The first-order valence-electron chi connectivity index (χ1n) is 8.66. The van der Waals surface area contributed by atoms with Crippen LogP contribution in [0.5, 0.6) is 5.75 Å². The van der Waals surface area contributed by atoms with E-state index in [9.17, 15) is 0 Å². The third-order valence-electron chi connectivity index (χ3n) is 3.98. The van der Waals surface area contributed by atoms with Crippen LogP contribution in [-0.4, -0.2) is 23.6 Å². The van der Waals surface area contributed by atoms with Gasteiger partial charge in [0.2, 0.25) is 0 Å². The average Bonchev–Trinajstić information content (AvgIpc) is 2.68. The van der Waals surface area contributed by atoms with Crippen LogP contribution < -0.4 is 15.4 Å². The third-order valence-corrected chi connectivity index (χ3v) is 3.98. The van der Waals surface area contributed by atoms with Gasteiger partial charge in [-0.3, -0.25) is 0 Å². The molecule has 6 heteroatoms. The standard InChI is InChI=1S/C21H21N5O/c1-15-24-20(23-11-10-16-4-3-5-19(12-16)27-2)13-21(25-15)26-18-8-6-17(14-22)7-9-18/h3-9,12-13H,10-11H2,1-2H3,(H2,23,24,25,26). The summed E-state index contributed by atoms with van der Waals surface area (Å²) >= 11 is 0. The molecule has 0 aliphatic heterocycles. The molecule has 0 aliphatic carbocycles. The van der Waals surface area contributed by atoms with Crippen molar-refractivity contribution in [3.63, 3.8) is 0 Å². The zero-order valence-corrected chi connectivity index (χ0v) is 15.4. The number of nitrogens with zero attached hydrogens (tertiary/aromatic N) is 3. The van der Waals surface area contributed by atoms with E-state index in [2.05, 4.69) is 32.7 Å². The molecule has 3 aromatic rings. The summed E-state index contributed by atoms with van der Waals surface area (Å²) in [5.74, 6) is 3.01. The van der Waals surface area contributed by atoms with Gasteiger partial charge >= 0.3 is 0 Å². The van der Waals surface area contributed by atoms with E-state index in [1.807, 2.05) is 43.3 Å². The first-order valence-corrected chi connectivity index (χ1v) is 8.66. The quantitative estimate of drug-likeness (QED) is 0.662. The number of benzene rings is 2. The second kappa shape index (κ2) is 8.68. The van der Waals surface area contributed by atoms with Crippen molar-refractivity contribution in [1.29, 1.82) is 5.26 Å². The van der Waals surface area contributed by atoms with Crippen LogP contribution in [0.2, 0.25) is 0 Å². The maximum atomic E-state index is 8.88. The Morgan fingerprint density at radius 3 is 2.56 bits per heavy atom. The van der Waals surface area contributed by atoms with Crippen LogP contribution in [0.1, 0.15) is 17.0 Å². The molecular weight excluding hydrogens is 338 g/mol. The van der Waals surface area contributed by atoms with Crippen LogP contribution in [0, 0.1) is 18.3 Å². The molecule has 3 rings (SSSR count). The maximum absolute atomic E-state index is 8.88. The van der Waals surface area contributed by atoms with E-state index in [4.69, 9.17) is 10.00 Å². The smallest absolute Gasteiger partial charge is 0.136 e. The number of ether oxygens (including phenoxy) is 1. The Hall–Kier alpha value is -3.59. The van der Waals surface area contributed by atoms with Crippen LogP contribution in [0.25, 0.3) is 0 Å². The lowest BCUT2D eigenvalue weighted by molar-refractivity contribution is 0.414. The minimum Gasteiger partial charge on any atom is -0.497 e. The first-order chi connectivity index (χ1) is 13.2. The van der Waals surface area contributed by atoms with Crippen molar-refractivity contribution in [3.05, 3.63) is 71.5 Å². The Kier molecular flexibility index (Phi) is 5.85. The van der Waals surface area contributed by atoms with Crippen molar-refractivity contribution in [2.45, 2.75) is 13.3 Å². The number of anilines is 3. The highest BCUT2D eigenvalue weighted by molar-refractivity contribution is 5.60. The van der Waals surface area contributed by atoms with Crippen molar-refractivity contribution >= 4 is 17.3 Å². The molecule has 1 heterocycles. The Labute approximate surface area is 158 Å². The predicted octanol–water partition coefficient (Wildman–Crippen LogP) is 4.06. The number of nitrogens with one attached hydrogen (secondary N) is 2. The molecule has 1 aromatic heterocycles. The molecule has 0 amide bonds. The molecule has 0 saturated carbocycles. The summed E-state index contributed by atoms with van der Waals surface area (Å²) in [6, 6.07) is 19.3. The van der Waals surface area contributed by atoms with Gasteiger partial charge in [0.25, 0.3) is 0 Å². The van der Waals surface area contributed by atoms with Gasteiger partial charge in [-0.2, -0.15) is 5.26 Å². The van der Waals surface area contributed by atoms with E-state index in [1.165, 1.54) is 5.56 Å². The predicted molar refractivity (Wildman–Crippen MR) is 106 cm³/mol. The summed E-state index contributed by atoms with van der Waals surface area (Å²) in [4.78, 5) is 8.85. The van der Waals surface area contributed by atoms with Crippen molar-refractivity contribution in [2.75, 3.05) is 24.3 Å². The summed E-state index contributed by atoms with van der Waals surface area (Å²) in [5.41, 5.74) is 2.69. The Balaban J connectivity index is 1.63. The van der Waals surface area contributed by atoms with E-state index in [0.717, 1.165) is 30.2 Å². The van der Waals surface area contributed by atoms with Gasteiger partial charge in [-0.15, -0.1) is 0 Å². The molecule has 0 spiro atoms. The second-order valence-corrected chi connectivity index (χ2v) is 6.03. The number of nitriles is 1. The minimum atomic E-state index is 0.624. The van der Waals surface area contributed by atoms with Crippen LogP contribution in [-0.2, 0) is 6.42 Å². The lowest BCUT2D eigenvalue weighted by atomic mass is 10.1. The Morgan fingerprint density at radius 2 is 1.81 bits per heavy atom. The monoisotopic (exact) mass is 359 g/mol. The molecule has 0 aliphatic rings. The zero-order chi connectivity index (χ0) is 19.1. The zero-order valence-electron chi connectivity index (χ0n) is 15.4. The molecule has 2 aromatic carbocycles. The second-order valence-electron chi connectivity index (χ2n) is 6.03. The van der Waals surface area contributed by atoms with Crippen molar-refractivity contribution in [2.24, 2.45) is 0 Å².